The number of hydrogen-bond acceptors (Lipinski definition) is 4. The molecular weight excluding hydrogens is 484 g/mol. The van der Waals surface area contributed by atoms with Crippen molar-refractivity contribution < 1.29 is 4.79 Å². The summed E-state index contributed by atoms with van der Waals surface area (Å²) in [5.74, 6) is 2.34. The highest BCUT2D eigenvalue weighted by molar-refractivity contribution is 5.76. The van der Waals surface area contributed by atoms with Gasteiger partial charge in [-0.25, -0.2) is 9.97 Å². The van der Waals surface area contributed by atoms with E-state index in [-0.39, 0.29) is 5.91 Å². The lowest BCUT2D eigenvalue weighted by molar-refractivity contribution is -0.132. The molecule has 0 aliphatic heterocycles. The predicted octanol–water partition coefficient (Wildman–Crippen LogP) is 6.76. The number of nitrogens with one attached hydrogen (secondary N) is 2. The van der Waals surface area contributed by atoms with Gasteiger partial charge in [-0.2, -0.15) is 0 Å². The number of rotatable bonds is 13. The predicted molar refractivity (Wildman–Crippen MR) is 159 cm³/mol. The maximum absolute atomic E-state index is 12.6. The molecule has 0 aliphatic rings. The first-order chi connectivity index (χ1) is 18.9. The van der Waals surface area contributed by atoms with Gasteiger partial charge in [-0.05, 0) is 54.6 Å². The highest BCUT2D eigenvalue weighted by Crippen LogP contribution is 2.27. The van der Waals surface area contributed by atoms with E-state index in [1.807, 2.05) is 17.3 Å². The molecule has 7 nitrogen and oxygen atoms in total. The van der Waals surface area contributed by atoms with Gasteiger partial charge in [0.15, 0.2) is 0 Å². The Labute approximate surface area is 232 Å². The second-order valence-electron chi connectivity index (χ2n) is 10.8. The highest BCUT2D eigenvalue weighted by Gasteiger charge is 2.16. The molecule has 1 amide bonds. The molecule has 2 aromatic heterocycles. The SMILES string of the molecule is CCCN(C)Cc1ncc(-c2ccc(-c3ccc(-c4cnc(CN(CCC)C(=O)CC(C)C)[nH]4)cc3)cc2)[nH]1. The third-order valence-electron chi connectivity index (χ3n) is 6.78. The fourth-order valence-electron chi connectivity index (χ4n) is 4.80. The van der Waals surface area contributed by atoms with Crippen molar-refractivity contribution in [3.8, 4) is 33.6 Å². The van der Waals surface area contributed by atoms with Crippen LogP contribution in [0.2, 0.25) is 0 Å². The number of amides is 1. The number of aromatic amines is 2. The largest absolute Gasteiger partial charge is 0.341 e. The number of carbonyl (C=O) groups excluding carboxylic acids is 1. The zero-order valence-corrected chi connectivity index (χ0v) is 24.0. The van der Waals surface area contributed by atoms with E-state index in [0.717, 1.165) is 77.8 Å². The van der Waals surface area contributed by atoms with Gasteiger partial charge in [0.1, 0.15) is 11.6 Å². The van der Waals surface area contributed by atoms with E-state index in [1.54, 1.807) is 0 Å². The van der Waals surface area contributed by atoms with Crippen LogP contribution in [0.5, 0.6) is 0 Å². The molecule has 0 saturated heterocycles. The third-order valence-corrected chi connectivity index (χ3v) is 6.78. The van der Waals surface area contributed by atoms with Gasteiger partial charge in [0.25, 0.3) is 0 Å². The average Bonchev–Trinajstić information content (AvgIpc) is 3.58. The Morgan fingerprint density at radius 3 is 1.67 bits per heavy atom. The van der Waals surface area contributed by atoms with Crippen LogP contribution in [0.25, 0.3) is 33.6 Å². The van der Waals surface area contributed by atoms with Gasteiger partial charge >= 0.3 is 0 Å². The lowest BCUT2D eigenvalue weighted by atomic mass is 10.0. The summed E-state index contributed by atoms with van der Waals surface area (Å²) < 4.78 is 0. The van der Waals surface area contributed by atoms with Crippen molar-refractivity contribution in [2.75, 3.05) is 20.1 Å². The van der Waals surface area contributed by atoms with E-state index in [0.29, 0.717) is 18.9 Å². The van der Waals surface area contributed by atoms with Crippen LogP contribution in [0, 0.1) is 5.92 Å². The molecule has 2 heterocycles. The van der Waals surface area contributed by atoms with Gasteiger partial charge < -0.3 is 14.9 Å². The molecule has 0 atom stereocenters. The van der Waals surface area contributed by atoms with E-state index in [1.165, 1.54) is 0 Å². The Bertz CT molecular complexity index is 1320. The van der Waals surface area contributed by atoms with Crippen LogP contribution in [-0.4, -0.2) is 55.8 Å². The van der Waals surface area contributed by atoms with Gasteiger partial charge in [-0.15, -0.1) is 0 Å². The van der Waals surface area contributed by atoms with Gasteiger partial charge in [0.2, 0.25) is 5.91 Å². The standard InChI is InChI=1S/C32H42N6O/c1-6-16-37(5)21-30-33-19-28(35-30)26-12-8-24(9-13-26)25-10-14-27(15-11-25)29-20-34-31(36-29)22-38(17-7-2)32(39)18-23(3)4/h8-15,19-20,23H,6-7,16-18,21-22H2,1-5H3,(H,33,35)(H,34,36). The molecule has 206 valence electrons. The Morgan fingerprint density at radius 2 is 1.21 bits per heavy atom. The summed E-state index contributed by atoms with van der Waals surface area (Å²) >= 11 is 0. The topological polar surface area (TPSA) is 80.9 Å². The summed E-state index contributed by atoms with van der Waals surface area (Å²) in [6.45, 7) is 11.6. The van der Waals surface area contributed by atoms with E-state index in [4.69, 9.17) is 0 Å². The summed E-state index contributed by atoms with van der Waals surface area (Å²) in [6.07, 6.45) is 6.40. The second kappa shape index (κ2) is 13.4. The molecule has 0 aliphatic carbocycles. The molecule has 0 bridgehead atoms. The van der Waals surface area contributed by atoms with Crippen molar-refractivity contribution in [2.45, 2.75) is 60.0 Å². The van der Waals surface area contributed by atoms with Gasteiger partial charge in [0.05, 0.1) is 36.9 Å². The van der Waals surface area contributed by atoms with Crippen molar-refractivity contribution in [1.82, 2.24) is 29.7 Å². The van der Waals surface area contributed by atoms with Crippen LogP contribution in [-0.2, 0) is 17.9 Å². The maximum atomic E-state index is 12.6. The zero-order chi connectivity index (χ0) is 27.8. The van der Waals surface area contributed by atoms with Gasteiger partial charge in [-0.1, -0.05) is 76.2 Å². The van der Waals surface area contributed by atoms with Crippen molar-refractivity contribution in [3.63, 3.8) is 0 Å². The van der Waals surface area contributed by atoms with Crippen molar-refractivity contribution >= 4 is 5.91 Å². The lowest BCUT2D eigenvalue weighted by Gasteiger charge is -2.22. The van der Waals surface area contributed by atoms with Crippen LogP contribution in [0.15, 0.2) is 60.9 Å². The Morgan fingerprint density at radius 1 is 0.744 bits per heavy atom. The highest BCUT2D eigenvalue weighted by atomic mass is 16.2. The maximum Gasteiger partial charge on any atom is 0.223 e. The molecule has 4 rings (SSSR count). The molecular formula is C32H42N6O. The number of carbonyl (C=O) groups is 1. The Hall–Kier alpha value is -3.71. The van der Waals surface area contributed by atoms with E-state index >= 15 is 0 Å². The van der Waals surface area contributed by atoms with Crippen molar-refractivity contribution in [3.05, 3.63) is 72.6 Å². The monoisotopic (exact) mass is 526 g/mol. The van der Waals surface area contributed by atoms with Crippen LogP contribution >= 0.6 is 0 Å². The van der Waals surface area contributed by atoms with Gasteiger partial charge in [0, 0.05) is 13.0 Å². The first-order valence-corrected chi connectivity index (χ1v) is 14.1. The number of aromatic nitrogens is 4. The second-order valence-corrected chi connectivity index (χ2v) is 10.8. The molecule has 0 radical (unpaired) electrons. The summed E-state index contributed by atoms with van der Waals surface area (Å²) in [7, 11) is 2.12. The summed E-state index contributed by atoms with van der Waals surface area (Å²) in [4.78, 5) is 32.8. The number of H-pyrrole nitrogens is 2. The van der Waals surface area contributed by atoms with Crippen LogP contribution < -0.4 is 0 Å². The molecule has 39 heavy (non-hydrogen) atoms. The normalized spacial score (nSPS) is 11.5. The molecule has 7 heteroatoms. The fourth-order valence-corrected chi connectivity index (χ4v) is 4.80. The number of hydrogen-bond donors (Lipinski definition) is 2. The number of imidazole rings is 2. The van der Waals surface area contributed by atoms with E-state index in [2.05, 4.69) is 108 Å². The molecule has 0 fully saturated rings. The molecule has 2 N–H and O–H groups in total. The van der Waals surface area contributed by atoms with E-state index in [9.17, 15) is 4.79 Å². The minimum absolute atomic E-state index is 0.188. The Balaban J connectivity index is 1.40. The molecule has 4 aromatic rings. The first kappa shape index (κ1) is 28.3. The third kappa shape index (κ3) is 7.67. The molecule has 0 spiro atoms. The van der Waals surface area contributed by atoms with E-state index < -0.39 is 0 Å². The summed E-state index contributed by atoms with van der Waals surface area (Å²) in [5, 5.41) is 0. The minimum Gasteiger partial charge on any atom is -0.341 e. The zero-order valence-electron chi connectivity index (χ0n) is 24.0. The smallest absolute Gasteiger partial charge is 0.223 e. The molecule has 2 aromatic carbocycles. The average molecular weight is 527 g/mol. The lowest BCUT2D eigenvalue weighted by Crippen LogP contribution is -2.32. The molecule has 0 unspecified atom stereocenters. The number of nitrogens with zero attached hydrogens (tertiary/aromatic N) is 4. The first-order valence-electron chi connectivity index (χ1n) is 14.1. The quantitative estimate of drug-likeness (QED) is 0.202. The Kier molecular flexibility index (Phi) is 9.71. The summed E-state index contributed by atoms with van der Waals surface area (Å²) in [6, 6.07) is 17.1. The minimum atomic E-state index is 0.188. The van der Waals surface area contributed by atoms with Crippen molar-refractivity contribution in [2.24, 2.45) is 5.92 Å². The van der Waals surface area contributed by atoms with Crippen LogP contribution in [0.1, 0.15) is 58.6 Å². The van der Waals surface area contributed by atoms with Crippen LogP contribution in [0.4, 0.5) is 0 Å². The molecule has 0 saturated carbocycles. The number of benzene rings is 2. The van der Waals surface area contributed by atoms with Crippen molar-refractivity contribution in [1.29, 1.82) is 0 Å². The summed E-state index contributed by atoms with van der Waals surface area (Å²) in [5.41, 5.74) is 6.51. The fraction of sp³-hybridized carbons (Fsp3) is 0.406. The van der Waals surface area contributed by atoms with Gasteiger partial charge in [-0.3, -0.25) is 9.69 Å². The van der Waals surface area contributed by atoms with Crippen LogP contribution in [0.3, 0.4) is 0 Å².